The van der Waals surface area contributed by atoms with Crippen LogP contribution in [0.3, 0.4) is 0 Å². The maximum atomic E-state index is 12.2. The number of hydrogen-bond acceptors (Lipinski definition) is 2. The van der Waals surface area contributed by atoms with Crippen LogP contribution in [0.4, 0.5) is 5.69 Å². The van der Waals surface area contributed by atoms with E-state index in [1.54, 1.807) is 0 Å². The smallest absolute Gasteiger partial charge is 0.237 e. The summed E-state index contributed by atoms with van der Waals surface area (Å²) in [5.41, 5.74) is 11.9. The molecule has 5 heteroatoms. The number of hydrogen-bond donors (Lipinski definition) is 1. The lowest BCUT2D eigenvalue weighted by atomic mass is 9.96. The zero-order valence-corrected chi connectivity index (χ0v) is 13.9. The molecular formula is C18H22N4O. The molecule has 1 aliphatic heterocycles. The standard InChI is InChI=1S/C14H10N4O.2C2H6/c15-18-17-13-11-7-2-1-5-9(11)10-6-3-4-8-12(10)16-14(13)19;2*1-2/h1-8,13H,(H,16,19);2*1-2H3. The molecule has 23 heavy (non-hydrogen) atoms. The first-order valence-electron chi connectivity index (χ1n) is 7.84. The van der Waals surface area contributed by atoms with Crippen LogP contribution in [0.15, 0.2) is 53.6 Å². The van der Waals surface area contributed by atoms with Crippen molar-refractivity contribution in [2.75, 3.05) is 5.32 Å². The second kappa shape index (κ2) is 9.28. The average Bonchev–Trinajstić information content (AvgIpc) is 2.74. The van der Waals surface area contributed by atoms with E-state index in [4.69, 9.17) is 5.53 Å². The van der Waals surface area contributed by atoms with Gasteiger partial charge in [-0.2, -0.15) is 0 Å². The Hall–Kier alpha value is -2.78. The Kier molecular flexibility index (Phi) is 7.37. The fourth-order valence-corrected chi connectivity index (χ4v) is 2.32. The van der Waals surface area contributed by atoms with E-state index in [-0.39, 0.29) is 5.91 Å². The predicted octanol–water partition coefficient (Wildman–Crippen LogP) is 5.71. The molecule has 120 valence electrons. The summed E-state index contributed by atoms with van der Waals surface area (Å²) < 4.78 is 0. The molecular weight excluding hydrogens is 288 g/mol. The molecule has 0 spiro atoms. The van der Waals surface area contributed by atoms with E-state index >= 15 is 0 Å². The summed E-state index contributed by atoms with van der Waals surface area (Å²) in [6.07, 6.45) is 0. The van der Waals surface area contributed by atoms with Crippen molar-refractivity contribution in [3.63, 3.8) is 0 Å². The molecule has 3 rings (SSSR count). The van der Waals surface area contributed by atoms with Crippen molar-refractivity contribution in [2.45, 2.75) is 33.7 Å². The number of benzene rings is 2. The number of rotatable bonds is 1. The predicted molar refractivity (Wildman–Crippen MR) is 95.1 cm³/mol. The normalized spacial score (nSPS) is 14.1. The van der Waals surface area contributed by atoms with Crippen molar-refractivity contribution >= 4 is 11.6 Å². The van der Waals surface area contributed by atoms with E-state index in [1.807, 2.05) is 76.2 Å². The zero-order valence-electron chi connectivity index (χ0n) is 13.9. The van der Waals surface area contributed by atoms with Crippen LogP contribution in [-0.2, 0) is 4.79 Å². The molecule has 1 amide bonds. The van der Waals surface area contributed by atoms with Gasteiger partial charge in [-0.25, -0.2) is 0 Å². The Morgan fingerprint density at radius 2 is 1.52 bits per heavy atom. The number of nitrogens with one attached hydrogen (secondary N) is 1. The van der Waals surface area contributed by atoms with Crippen LogP contribution < -0.4 is 5.32 Å². The van der Waals surface area contributed by atoms with Gasteiger partial charge in [-0.1, -0.05) is 75.3 Å². The van der Waals surface area contributed by atoms with Crippen LogP contribution in [0.1, 0.15) is 39.3 Å². The summed E-state index contributed by atoms with van der Waals surface area (Å²) in [6, 6.07) is 14.2. The fraction of sp³-hybridized carbons (Fsp3) is 0.278. The number of azide groups is 1. The van der Waals surface area contributed by atoms with E-state index in [0.29, 0.717) is 0 Å². The number of carbonyl (C=O) groups is 1. The summed E-state index contributed by atoms with van der Waals surface area (Å²) >= 11 is 0. The second-order valence-electron chi connectivity index (χ2n) is 4.23. The molecule has 5 nitrogen and oxygen atoms in total. The van der Waals surface area contributed by atoms with E-state index in [0.717, 1.165) is 22.4 Å². The van der Waals surface area contributed by atoms with Gasteiger partial charge in [0.1, 0.15) is 6.04 Å². The van der Waals surface area contributed by atoms with Crippen molar-refractivity contribution in [1.82, 2.24) is 0 Å². The lowest BCUT2D eigenvalue weighted by Gasteiger charge is -2.10. The molecule has 2 aromatic carbocycles. The molecule has 1 N–H and O–H groups in total. The first-order chi connectivity index (χ1) is 11.3. The Bertz CT molecular complexity index is 706. The molecule has 1 aliphatic rings. The Labute approximate surface area is 137 Å². The molecule has 0 fully saturated rings. The van der Waals surface area contributed by atoms with Gasteiger partial charge in [-0.05, 0) is 22.7 Å². The summed E-state index contributed by atoms with van der Waals surface area (Å²) in [6.45, 7) is 8.00. The number of anilines is 1. The quantitative estimate of drug-likeness (QED) is 0.408. The highest BCUT2D eigenvalue weighted by molar-refractivity contribution is 6.03. The maximum Gasteiger partial charge on any atom is 0.237 e. The van der Waals surface area contributed by atoms with Crippen LogP contribution >= 0.6 is 0 Å². The molecule has 0 saturated carbocycles. The third-order valence-electron chi connectivity index (χ3n) is 3.15. The van der Waals surface area contributed by atoms with E-state index in [2.05, 4.69) is 15.3 Å². The van der Waals surface area contributed by atoms with Gasteiger partial charge in [0, 0.05) is 16.2 Å². The minimum Gasteiger partial charge on any atom is -0.325 e. The lowest BCUT2D eigenvalue weighted by molar-refractivity contribution is -0.117. The minimum absolute atomic E-state index is 0.310. The summed E-state index contributed by atoms with van der Waals surface area (Å²) in [5, 5.41) is 6.42. The molecule has 2 aromatic rings. The van der Waals surface area contributed by atoms with Crippen LogP contribution in [0.2, 0.25) is 0 Å². The molecule has 0 aliphatic carbocycles. The third kappa shape index (κ3) is 3.90. The second-order valence-corrected chi connectivity index (χ2v) is 4.23. The molecule has 0 bridgehead atoms. The largest absolute Gasteiger partial charge is 0.325 e. The minimum atomic E-state index is -0.839. The molecule has 0 radical (unpaired) electrons. The van der Waals surface area contributed by atoms with Crippen LogP contribution in [0.5, 0.6) is 0 Å². The van der Waals surface area contributed by atoms with Crippen molar-refractivity contribution in [3.8, 4) is 11.1 Å². The van der Waals surface area contributed by atoms with E-state index < -0.39 is 6.04 Å². The van der Waals surface area contributed by atoms with Gasteiger partial charge in [-0.3, -0.25) is 4.79 Å². The first-order valence-corrected chi connectivity index (χ1v) is 7.84. The van der Waals surface area contributed by atoms with Gasteiger partial charge >= 0.3 is 0 Å². The number of fused-ring (bicyclic) bond motifs is 3. The fourth-order valence-electron chi connectivity index (χ4n) is 2.32. The van der Waals surface area contributed by atoms with E-state index in [1.165, 1.54) is 0 Å². The Morgan fingerprint density at radius 3 is 2.17 bits per heavy atom. The van der Waals surface area contributed by atoms with Crippen molar-refractivity contribution in [2.24, 2.45) is 5.11 Å². The third-order valence-corrected chi connectivity index (χ3v) is 3.15. The van der Waals surface area contributed by atoms with Gasteiger partial charge in [0.05, 0.1) is 0 Å². The SMILES string of the molecule is CC.CC.[N-]=[N+]=NC1C(=O)Nc2ccccc2-c2ccccc21. The summed E-state index contributed by atoms with van der Waals surface area (Å²) in [4.78, 5) is 14.9. The van der Waals surface area contributed by atoms with Crippen LogP contribution in [0, 0.1) is 0 Å². The van der Waals surface area contributed by atoms with Gasteiger partial charge in [0.25, 0.3) is 0 Å². The Balaban J connectivity index is 0.000000615. The van der Waals surface area contributed by atoms with Crippen LogP contribution in [0.25, 0.3) is 21.6 Å². The van der Waals surface area contributed by atoms with E-state index in [9.17, 15) is 4.79 Å². The highest BCUT2D eigenvalue weighted by atomic mass is 16.2. The molecule has 1 unspecified atom stereocenters. The van der Waals surface area contributed by atoms with Crippen molar-refractivity contribution in [3.05, 3.63) is 64.5 Å². The number of amides is 1. The molecule has 1 atom stereocenters. The van der Waals surface area contributed by atoms with Crippen LogP contribution in [-0.4, -0.2) is 5.91 Å². The number of para-hydroxylation sites is 1. The monoisotopic (exact) mass is 310 g/mol. The zero-order chi connectivity index (χ0) is 17.2. The molecule has 0 aromatic heterocycles. The maximum absolute atomic E-state index is 12.2. The highest BCUT2D eigenvalue weighted by Crippen LogP contribution is 2.38. The van der Waals surface area contributed by atoms with Gasteiger partial charge in [-0.15, -0.1) is 0 Å². The summed E-state index contributed by atoms with van der Waals surface area (Å²) in [5.74, 6) is -0.310. The highest BCUT2D eigenvalue weighted by Gasteiger charge is 2.27. The van der Waals surface area contributed by atoms with Gasteiger partial charge in [0.15, 0.2) is 0 Å². The molecule has 1 heterocycles. The Morgan fingerprint density at radius 1 is 0.957 bits per heavy atom. The molecule has 0 saturated heterocycles. The summed E-state index contributed by atoms with van der Waals surface area (Å²) in [7, 11) is 0. The lowest BCUT2D eigenvalue weighted by Crippen LogP contribution is -2.17. The van der Waals surface area contributed by atoms with Gasteiger partial charge in [0.2, 0.25) is 5.91 Å². The first kappa shape index (κ1) is 18.3. The topological polar surface area (TPSA) is 77.9 Å². The van der Waals surface area contributed by atoms with Gasteiger partial charge < -0.3 is 5.32 Å². The number of nitrogens with zero attached hydrogens (tertiary/aromatic N) is 3. The number of carbonyl (C=O) groups excluding carboxylic acids is 1. The van der Waals surface area contributed by atoms with Crippen molar-refractivity contribution in [1.29, 1.82) is 0 Å². The average molecular weight is 310 g/mol. The van der Waals surface area contributed by atoms with Crippen molar-refractivity contribution < 1.29 is 4.79 Å².